The van der Waals surface area contributed by atoms with Gasteiger partial charge in [-0.05, 0) is 43.3 Å². The summed E-state index contributed by atoms with van der Waals surface area (Å²) < 4.78 is 5.53. The third kappa shape index (κ3) is 4.53. The first-order valence-electron chi connectivity index (χ1n) is 6.14. The van der Waals surface area contributed by atoms with Crippen LogP contribution in [0.25, 0.3) is 0 Å². The van der Waals surface area contributed by atoms with Crippen LogP contribution in [0, 0.1) is 0 Å². The number of hydrogen-bond donors (Lipinski definition) is 1. The molecular formula is C15H12Cl3NO2. The molecule has 3 nitrogen and oxygen atoms in total. The average Bonchev–Trinajstić information content (AvgIpc) is 2.43. The van der Waals surface area contributed by atoms with Gasteiger partial charge in [-0.2, -0.15) is 0 Å². The molecule has 0 aliphatic carbocycles. The number of anilines is 1. The van der Waals surface area contributed by atoms with Crippen molar-refractivity contribution >= 4 is 46.4 Å². The van der Waals surface area contributed by atoms with Crippen LogP contribution in [0.1, 0.15) is 6.92 Å². The Morgan fingerprint density at radius 3 is 2.52 bits per heavy atom. The average molecular weight is 345 g/mol. The minimum absolute atomic E-state index is 0.298. The quantitative estimate of drug-likeness (QED) is 0.842. The topological polar surface area (TPSA) is 38.3 Å². The molecule has 0 fully saturated rings. The van der Waals surface area contributed by atoms with Crippen LogP contribution in [0.4, 0.5) is 5.69 Å². The highest BCUT2D eigenvalue weighted by Gasteiger charge is 2.15. The van der Waals surface area contributed by atoms with Crippen molar-refractivity contribution in [1.29, 1.82) is 0 Å². The van der Waals surface area contributed by atoms with Crippen molar-refractivity contribution in [1.82, 2.24) is 0 Å². The molecule has 21 heavy (non-hydrogen) atoms. The lowest BCUT2D eigenvalue weighted by Crippen LogP contribution is -2.30. The van der Waals surface area contributed by atoms with Crippen LogP contribution in [0.15, 0.2) is 42.5 Å². The molecule has 1 atom stereocenters. The lowest BCUT2D eigenvalue weighted by molar-refractivity contribution is -0.122. The van der Waals surface area contributed by atoms with Crippen LogP contribution in [0.3, 0.4) is 0 Å². The number of carbonyl (C=O) groups excluding carboxylic acids is 1. The van der Waals surface area contributed by atoms with Crippen LogP contribution in [-0.2, 0) is 4.79 Å². The predicted octanol–water partition coefficient (Wildman–Crippen LogP) is 5.05. The fraction of sp³-hybridized carbons (Fsp3) is 0.133. The molecular weight excluding hydrogens is 333 g/mol. The van der Waals surface area contributed by atoms with E-state index in [9.17, 15) is 4.79 Å². The third-order valence-corrected chi connectivity index (χ3v) is 3.64. The van der Waals surface area contributed by atoms with E-state index in [4.69, 9.17) is 39.5 Å². The minimum atomic E-state index is -0.682. The summed E-state index contributed by atoms with van der Waals surface area (Å²) in [5.74, 6) is 0.229. The smallest absolute Gasteiger partial charge is 0.265 e. The Labute approximate surface area is 137 Å². The summed E-state index contributed by atoms with van der Waals surface area (Å²) in [6.45, 7) is 1.65. The molecule has 0 heterocycles. The Kier molecular flexibility index (Phi) is 5.34. The second kappa shape index (κ2) is 7.03. The van der Waals surface area contributed by atoms with Crippen molar-refractivity contribution in [2.45, 2.75) is 13.0 Å². The van der Waals surface area contributed by atoms with Crippen LogP contribution in [0.2, 0.25) is 15.1 Å². The minimum Gasteiger partial charge on any atom is -0.481 e. The van der Waals surface area contributed by atoms with E-state index in [-0.39, 0.29) is 5.91 Å². The molecule has 0 bridgehead atoms. The zero-order chi connectivity index (χ0) is 15.4. The van der Waals surface area contributed by atoms with Crippen LogP contribution >= 0.6 is 34.8 Å². The first kappa shape index (κ1) is 16.0. The summed E-state index contributed by atoms with van der Waals surface area (Å²) in [6.07, 6.45) is -0.682. The highest BCUT2D eigenvalue weighted by Crippen LogP contribution is 2.25. The summed E-state index contributed by atoms with van der Waals surface area (Å²) in [4.78, 5) is 12.1. The summed E-state index contributed by atoms with van der Waals surface area (Å²) in [5.41, 5.74) is 0.552. The van der Waals surface area contributed by atoms with Gasteiger partial charge in [0.15, 0.2) is 6.10 Å². The van der Waals surface area contributed by atoms with E-state index >= 15 is 0 Å². The van der Waals surface area contributed by atoms with Crippen LogP contribution in [0.5, 0.6) is 5.75 Å². The van der Waals surface area contributed by atoms with Gasteiger partial charge in [0.25, 0.3) is 5.91 Å². The molecule has 6 heteroatoms. The highest BCUT2D eigenvalue weighted by molar-refractivity contribution is 6.42. The number of ether oxygens (including phenoxy) is 1. The molecule has 0 saturated heterocycles. The van der Waals surface area contributed by atoms with Gasteiger partial charge in [-0.1, -0.05) is 40.9 Å². The Bertz CT molecular complexity index is 661. The van der Waals surface area contributed by atoms with E-state index in [2.05, 4.69) is 5.32 Å². The Hall–Kier alpha value is -1.42. The number of hydrogen-bond acceptors (Lipinski definition) is 2. The molecule has 0 aromatic heterocycles. The predicted molar refractivity (Wildman–Crippen MR) is 86.6 cm³/mol. The molecule has 0 aliphatic rings. The Morgan fingerprint density at radius 1 is 1.10 bits per heavy atom. The number of halogens is 3. The van der Waals surface area contributed by atoms with Gasteiger partial charge in [0.05, 0.1) is 10.0 Å². The SMILES string of the molecule is CC(Oc1cccc(Cl)c1)C(=O)Nc1ccc(Cl)c(Cl)c1. The zero-order valence-electron chi connectivity index (χ0n) is 11.1. The van der Waals surface area contributed by atoms with Crippen LogP contribution < -0.4 is 10.1 Å². The number of rotatable bonds is 4. The third-order valence-electron chi connectivity index (χ3n) is 2.67. The summed E-state index contributed by atoms with van der Waals surface area (Å²) in [7, 11) is 0. The lowest BCUT2D eigenvalue weighted by Gasteiger charge is -2.15. The number of amides is 1. The molecule has 0 spiro atoms. The van der Waals surface area contributed by atoms with Gasteiger partial charge in [-0.25, -0.2) is 0 Å². The molecule has 2 aromatic carbocycles. The zero-order valence-corrected chi connectivity index (χ0v) is 13.3. The maximum atomic E-state index is 12.1. The second-order valence-corrected chi connectivity index (χ2v) is 5.59. The lowest BCUT2D eigenvalue weighted by atomic mass is 10.3. The number of nitrogens with one attached hydrogen (secondary N) is 1. The fourth-order valence-corrected chi connectivity index (χ4v) is 2.09. The van der Waals surface area contributed by atoms with Gasteiger partial charge in [0, 0.05) is 10.7 Å². The molecule has 2 rings (SSSR count). The second-order valence-electron chi connectivity index (χ2n) is 4.34. The van der Waals surface area contributed by atoms with Gasteiger partial charge in [0.2, 0.25) is 0 Å². The van der Waals surface area contributed by atoms with Gasteiger partial charge < -0.3 is 10.1 Å². The maximum absolute atomic E-state index is 12.1. The van der Waals surface area contributed by atoms with E-state index in [0.717, 1.165) is 0 Å². The molecule has 110 valence electrons. The molecule has 1 N–H and O–H groups in total. The van der Waals surface area contributed by atoms with Crippen LogP contribution in [-0.4, -0.2) is 12.0 Å². The van der Waals surface area contributed by atoms with Crippen molar-refractivity contribution in [3.63, 3.8) is 0 Å². The first-order valence-corrected chi connectivity index (χ1v) is 7.27. The fourth-order valence-electron chi connectivity index (χ4n) is 1.62. The van der Waals surface area contributed by atoms with Crippen molar-refractivity contribution in [3.8, 4) is 5.75 Å². The van der Waals surface area contributed by atoms with Crippen molar-refractivity contribution < 1.29 is 9.53 Å². The molecule has 1 unspecified atom stereocenters. The summed E-state index contributed by atoms with van der Waals surface area (Å²) >= 11 is 17.6. The maximum Gasteiger partial charge on any atom is 0.265 e. The van der Waals surface area contributed by atoms with E-state index in [1.165, 1.54) is 0 Å². The summed E-state index contributed by atoms with van der Waals surface area (Å²) in [5, 5.41) is 4.05. The van der Waals surface area contributed by atoms with Gasteiger partial charge in [0.1, 0.15) is 5.75 Å². The van der Waals surface area contributed by atoms with E-state index in [1.807, 2.05) is 0 Å². The number of benzene rings is 2. The van der Waals surface area contributed by atoms with Crippen molar-refractivity contribution in [2.24, 2.45) is 0 Å². The molecule has 0 radical (unpaired) electrons. The van der Waals surface area contributed by atoms with Gasteiger partial charge in [-0.15, -0.1) is 0 Å². The molecule has 1 amide bonds. The first-order chi connectivity index (χ1) is 9.95. The Morgan fingerprint density at radius 2 is 1.86 bits per heavy atom. The van der Waals surface area contributed by atoms with Gasteiger partial charge in [-0.3, -0.25) is 4.79 Å². The Balaban J connectivity index is 2.00. The van der Waals surface area contributed by atoms with E-state index < -0.39 is 6.10 Å². The largest absolute Gasteiger partial charge is 0.481 e. The van der Waals surface area contributed by atoms with Crippen molar-refractivity contribution in [2.75, 3.05) is 5.32 Å². The van der Waals surface area contributed by atoms with Gasteiger partial charge >= 0.3 is 0 Å². The standard InChI is InChI=1S/C15H12Cl3NO2/c1-9(21-12-4-2-3-10(16)7-12)15(20)19-11-5-6-13(17)14(18)8-11/h2-9H,1H3,(H,19,20). The van der Waals surface area contributed by atoms with Crippen molar-refractivity contribution in [3.05, 3.63) is 57.5 Å². The van der Waals surface area contributed by atoms with E-state index in [0.29, 0.717) is 26.5 Å². The monoisotopic (exact) mass is 343 g/mol. The number of carbonyl (C=O) groups is 1. The van der Waals surface area contributed by atoms with E-state index in [1.54, 1.807) is 49.4 Å². The highest BCUT2D eigenvalue weighted by atomic mass is 35.5. The summed E-state index contributed by atoms with van der Waals surface area (Å²) in [6, 6.07) is 11.7. The molecule has 0 saturated carbocycles. The molecule has 0 aliphatic heterocycles. The normalized spacial score (nSPS) is 11.8. The molecule has 2 aromatic rings.